The highest BCUT2D eigenvalue weighted by Crippen LogP contribution is 2.04. The van der Waals surface area contributed by atoms with E-state index in [1.165, 1.54) is 0 Å². The number of aryl methyl sites for hydroxylation is 1. The fourth-order valence-corrected chi connectivity index (χ4v) is 0.942. The Labute approximate surface area is 73.8 Å². The van der Waals surface area contributed by atoms with E-state index in [4.69, 9.17) is 4.79 Å². The summed E-state index contributed by atoms with van der Waals surface area (Å²) < 4.78 is 0.900. The van der Waals surface area contributed by atoms with Crippen molar-refractivity contribution in [3.8, 4) is 0 Å². The van der Waals surface area contributed by atoms with E-state index in [2.05, 4.69) is 26.6 Å². The standard InChI is InChI=1S/C6H6BrN.CH3NO/c1-5-3-2-4-6(7)8-5;2-1-3/h2-4H,1H3;1H,(H2,2,3). The number of halogens is 1. The van der Waals surface area contributed by atoms with Crippen molar-refractivity contribution < 1.29 is 4.79 Å². The third-order valence-corrected chi connectivity index (χ3v) is 1.30. The lowest BCUT2D eigenvalue weighted by Crippen LogP contribution is -1.82. The van der Waals surface area contributed by atoms with Gasteiger partial charge in [-0.15, -0.1) is 0 Å². The van der Waals surface area contributed by atoms with E-state index in [1.54, 1.807) is 0 Å². The SMILES string of the molecule is Cc1cccc(Br)n1.NC=O. The lowest BCUT2D eigenvalue weighted by Gasteiger charge is -1.88. The van der Waals surface area contributed by atoms with Crippen LogP contribution in [0.3, 0.4) is 0 Å². The van der Waals surface area contributed by atoms with Crippen LogP contribution in [0.4, 0.5) is 0 Å². The van der Waals surface area contributed by atoms with E-state index >= 15 is 0 Å². The van der Waals surface area contributed by atoms with Crippen molar-refractivity contribution in [1.29, 1.82) is 0 Å². The van der Waals surface area contributed by atoms with Crippen LogP contribution in [-0.2, 0) is 4.79 Å². The van der Waals surface area contributed by atoms with Crippen molar-refractivity contribution in [2.45, 2.75) is 6.92 Å². The van der Waals surface area contributed by atoms with Gasteiger partial charge in [0.15, 0.2) is 0 Å². The molecule has 1 heterocycles. The molecule has 2 N–H and O–H groups in total. The second-order valence-corrected chi connectivity index (χ2v) is 2.55. The maximum atomic E-state index is 8.58. The molecule has 3 nitrogen and oxygen atoms in total. The maximum Gasteiger partial charge on any atom is 0.204 e. The van der Waals surface area contributed by atoms with Crippen molar-refractivity contribution in [3.63, 3.8) is 0 Å². The average Bonchev–Trinajstić information content (AvgIpc) is 1.88. The molecule has 0 aliphatic carbocycles. The molecule has 0 aromatic carbocycles. The van der Waals surface area contributed by atoms with E-state index in [-0.39, 0.29) is 6.41 Å². The molecule has 4 heteroatoms. The van der Waals surface area contributed by atoms with Crippen LogP contribution in [0.1, 0.15) is 5.69 Å². The Hall–Kier alpha value is -0.900. The molecule has 1 aromatic rings. The van der Waals surface area contributed by atoms with Crippen LogP contribution in [0.2, 0.25) is 0 Å². The fraction of sp³-hybridized carbons (Fsp3) is 0.143. The Bertz CT molecular complexity index is 210. The summed E-state index contributed by atoms with van der Waals surface area (Å²) in [5.74, 6) is 0. The molecule has 1 rings (SSSR count). The van der Waals surface area contributed by atoms with E-state index in [9.17, 15) is 0 Å². The minimum Gasteiger partial charge on any atom is -0.372 e. The molecule has 0 bridgehead atoms. The molecular formula is C7H9BrN2O. The Morgan fingerprint density at radius 1 is 1.64 bits per heavy atom. The number of carbonyl (C=O) groups excluding carboxylic acids is 1. The van der Waals surface area contributed by atoms with Gasteiger partial charge in [0.1, 0.15) is 4.60 Å². The molecule has 0 saturated carbocycles. The number of nitrogens with two attached hydrogens (primary N) is 1. The van der Waals surface area contributed by atoms with E-state index < -0.39 is 0 Å². The third kappa shape index (κ3) is 5.54. The molecule has 1 aromatic heterocycles. The van der Waals surface area contributed by atoms with E-state index in [1.807, 2.05) is 25.1 Å². The minimum absolute atomic E-state index is 0.250. The average molecular weight is 217 g/mol. The lowest BCUT2D eigenvalue weighted by atomic mass is 10.4. The van der Waals surface area contributed by atoms with Gasteiger partial charge < -0.3 is 5.73 Å². The van der Waals surface area contributed by atoms with Gasteiger partial charge in [0.05, 0.1) is 0 Å². The van der Waals surface area contributed by atoms with Crippen LogP contribution in [-0.4, -0.2) is 11.4 Å². The smallest absolute Gasteiger partial charge is 0.204 e. The Balaban J connectivity index is 0.000000292. The van der Waals surface area contributed by atoms with Gasteiger partial charge in [-0.05, 0) is 35.0 Å². The normalized spacial score (nSPS) is 7.82. The summed E-state index contributed by atoms with van der Waals surface area (Å²) in [5.41, 5.74) is 5.21. The molecular weight excluding hydrogens is 208 g/mol. The van der Waals surface area contributed by atoms with E-state index in [0.29, 0.717) is 0 Å². The van der Waals surface area contributed by atoms with Crippen molar-refractivity contribution in [2.75, 3.05) is 0 Å². The first-order valence-corrected chi connectivity index (χ1v) is 3.74. The second-order valence-electron chi connectivity index (χ2n) is 1.74. The number of hydrogen-bond donors (Lipinski definition) is 1. The number of amides is 1. The van der Waals surface area contributed by atoms with Crippen molar-refractivity contribution in [2.24, 2.45) is 5.73 Å². The summed E-state index contributed by atoms with van der Waals surface area (Å²) in [7, 11) is 0. The zero-order chi connectivity index (χ0) is 8.69. The summed E-state index contributed by atoms with van der Waals surface area (Å²) in [6.07, 6.45) is 0.250. The summed E-state index contributed by atoms with van der Waals surface area (Å²) in [6.45, 7) is 1.96. The molecule has 0 aliphatic rings. The molecule has 60 valence electrons. The first kappa shape index (κ1) is 10.1. The number of nitrogens with zero attached hydrogens (tertiary/aromatic N) is 1. The number of rotatable bonds is 0. The highest BCUT2D eigenvalue weighted by molar-refractivity contribution is 9.10. The van der Waals surface area contributed by atoms with Crippen LogP contribution in [0, 0.1) is 6.92 Å². The van der Waals surface area contributed by atoms with Gasteiger partial charge in [-0.3, -0.25) is 4.79 Å². The first-order valence-electron chi connectivity index (χ1n) is 2.95. The van der Waals surface area contributed by atoms with Crippen molar-refractivity contribution in [1.82, 2.24) is 4.98 Å². The van der Waals surface area contributed by atoms with Crippen LogP contribution < -0.4 is 5.73 Å². The topological polar surface area (TPSA) is 56.0 Å². The van der Waals surface area contributed by atoms with Crippen LogP contribution in [0.25, 0.3) is 0 Å². The minimum atomic E-state index is 0.250. The summed E-state index contributed by atoms with van der Waals surface area (Å²) in [6, 6.07) is 5.84. The molecule has 0 unspecified atom stereocenters. The number of pyridine rings is 1. The van der Waals surface area contributed by atoms with Crippen molar-refractivity contribution in [3.05, 3.63) is 28.5 Å². The largest absolute Gasteiger partial charge is 0.372 e. The number of carbonyl (C=O) groups is 1. The summed E-state index contributed by atoms with van der Waals surface area (Å²) in [5, 5.41) is 0. The molecule has 1 amide bonds. The molecule has 0 fully saturated rings. The Morgan fingerprint density at radius 3 is 2.45 bits per heavy atom. The van der Waals surface area contributed by atoms with Gasteiger partial charge in [-0.25, -0.2) is 4.98 Å². The molecule has 11 heavy (non-hydrogen) atoms. The highest BCUT2D eigenvalue weighted by Gasteiger charge is 1.83. The van der Waals surface area contributed by atoms with Crippen LogP contribution >= 0.6 is 15.9 Å². The quantitative estimate of drug-likeness (QED) is 0.525. The van der Waals surface area contributed by atoms with Gasteiger partial charge in [0.25, 0.3) is 0 Å². The Morgan fingerprint density at radius 2 is 2.18 bits per heavy atom. The second kappa shape index (κ2) is 5.85. The number of primary amides is 1. The molecule has 0 radical (unpaired) electrons. The molecule has 0 saturated heterocycles. The highest BCUT2D eigenvalue weighted by atomic mass is 79.9. The lowest BCUT2D eigenvalue weighted by molar-refractivity contribution is -0.106. The predicted octanol–water partition coefficient (Wildman–Crippen LogP) is 1.25. The van der Waals surface area contributed by atoms with Gasteiger partial charge in [0.2, 0.25) is 6.41 Å². The first-order chi connectivity index (χ1) is 5.20. The number of hydrogen-bond acceptors (Lipinski definition) is 2. The van der Waals surface area contributed by atoms with Gasteiger partial charge in [-0.1, -0.05) is 6.07 Å². The number of aromatic nitrogens is 1. The zero-order valence-corrected chi connectivity index (χ0v) is 7.71. The molecule has 0 aliphatic heterocycles. The van der Waals surface area contributed by atoms with E-state index in [0.717, 1.165) is 10.3 Å². The van der Waals surface area contributed by atoms with Crippen LogP contribution in [0.5, 0.6) is 0 Å². The Kier molecular flexibility index (Phi) is 5.37. The van der Waals surface area contributed by atoms with Crippen LogP contribution in [0.15, 0.2) is 22.8 Å². The molecule has 0 spiro atoms. The van der Waals surface area contributed by atoms with Gasteiger partial charge in [-0.2, -0.15) is 0 Å². The maximum absolute atomic E-state index is 8.58. The zero-order valence-electron chi connectivity index (χ0n) is 6.12. The summed E-state index contributed by atoms with van der Waals surface area (Å²) in [4.78, 5) is 12.7. The van der Waals surface area contributed by atoms with Gasteiger partial charge in [0, 0.05) is 5.69 Å². The van der Waals surface area contributed by atoms with Crippen molar-refractivity contribution >= 4 is 22.3 Å². The summed E-state index contributed by atoms with van der Waals surface area (Å²) >= 11 is 3.25. The monoisotopic (exact) mass is 216 g/mol. The fourth-order valence-electron chi connectivity index (χ4n) is 0.510. The van der Waals surface area contributed by atoms with Gasteiger partial charge >= 0.3 is 0 Å². The molecule has 0 atom stereocenters. The third-order valence-electron chi connectivity index (χ3n) is 0.854. The predicted molar refractivity (Wildman–Crippen MR) is 46.9 cm³/mol.